The molecule has 5 rings (SSSR count). The van der Waals surface area contributed by atoms with Gasteiger partial charge >= 0.3 is 5.97 Å². The fraction of sp³-hybridized carbons (Fsp3) is 0.609. The largest absolute Gasteiger partial charge is 0.431 e. The van der Waals surface area contributed by atoms with Gasteiger partial charge in [0.1, 0.15) is 5.76 Å². The van der Waals surface area contributed by atoms with Gasteiger partial charge in [0.15, 0.2) is 0 Å². The van der Waals surface area contributed by atoms with Gasteiger partial charge in [-0.15, -0.1) is 0 Å². The third kappa shape index (κ3) is 2.56. The van der Waals surface area contributed by atoms with Crippen LogP contribution in [0.25, 0.3) is 0 Å². The van der Waals surface area contributed by atoms with Crippen LogP contribution < -0.4 is 0 Å². The summed E-state index contributed by atoms with van der Waals surface area (Å²) in [6, 6.07) is 0. The Morgan fingerprint density at radius 3 is 2.60 bits per heavy atom. The lowest BCUT2D eigenvalue weighted by Crippen LogP contribution is -2.35. The molecule has 2 nitrogen and oxygen atoms in total. The van der Waals surface area contributed by atoms with E-state index in [4.69, 9.17) is 4.74 Å². The lowest BCUT2D eigenvalue weighted by atomic mass is 9.58. The molecule has 0 radical (unpaired) electrons. The molecule has 5 aliphatic carbocycles. The van der Waals surface area contributed by atoms with Gasteiger partial charge in [-0.2, -0.15) is 0 Å². The van der Waals surface area contributed by atoms with Gasteiger partial charge in [0.05, 0.1) is 0 Å². The molecule has 0 aromatic rings. The summed E-state index contributed by atoms with van der Waals surface area (Å²) >= 11 is 0. The smallest absolute Gasteiger partial charge is 0.307 e. The number of esters is 1. The van der Waals surface area contributed by atoms with E-state index in [1.165, 1.54) is 57.4 Å². The maximum atomic E-state index is 11.2. The Kier molecular flexibility index (Phi) is 3.76. The van der Waals surface area contributed by atoms with Crippen molar-refractivity contribution in [2.45, 2.75) is 58.3 Å². The first-order chi connectivity index (χ1) is 12.2. The molecule has 0 aromatic heterocycles. The Balaban J connectivity index is 1.47. The summed E-state index contributed by atoms with van der Waals surface area (Å²) in [6.45, 7) is 1.49. The second-order valence-electron chi connectivity index (χ2n) is 8.70. The molecule has 5 aliphatic rings. The van der Waals surface area contributed by atoms with E-state index in [1.54, 1.807) is 11.1 Å². The highest BCUT2D eigenvalue weighted by molar-refractivity contribution is 5.67. The molecule has 0 N–H and O–H groups in total. The first-order valence-electron chi connectivity index (χ1n) is 10.2. The minimum Gasteiger partial charge on any atom is -0.431 e. The van der Waals surface area contributed by atoms with Crippen molar-refractivity contribution < 1.29 is 9.53 Å². The zero-order chi connectivity index (χ0) is 17.0. The summed E-state index contributed by atoms with van der Waals surface area (Å²) in [5, 5.41) is 0. The molecule has 3 fully saturated rings. The lowest BCUT2D eigenvalue weighted by Gasteiger charge is -2.46. The summed E-state index contributed by atoms with van der Waals surface area (Å²) in [4.78, 5) is 11.2. The number of carbonyl (C=O) groups excluding carboxylic acids is 1. The van der Waals surface area contributed by atoms with Gasteiger partial charge < -0.3 is 4.74 Å². The normalized spacial score (nSPS) is 38.8. The van der Waals surface area contributed by atoms with Crippen LogP contribution in [0.1, 0.15) is 58.3 Å². The lowest BCUT2D eigenvalue weighted by molar-refractivity contribution is -0.137. The van der Waals surface area contributed by atoms with Crippen molar-refractivity contribution >= 4 is 5.97 Å². The van der Waals surface area contributed by atoms with E-state index in [0.29, 0.717) is 5.92 Å². The Labute approximate surface area is 150 Å². The molecule has 0 spiro atoms. The van der Waals surface area contributed by atoms with Crippen molar-refractivity contribution in [3.63, 3.8) is 0 Å². The predicted molar refractivity (Wildman–Crippen MR) is 98.5 cm³/mol. The molecule has 0 aromatic carbocycles. The fourth-order valence-corrected chi connectivity index (χ4v) is 6.50. The van der Waals surface area contributed by atoms with Crippen molar-refractivity contribution in [3.05, 3.63) is 46.8 Å². The van der Waals surface area contributed by atoms with Gasteiger partial charge in [0.2, 0.25) is 0 Å². The predicted octanol–water partition coefficient (Wildman–Crippen LogP) is 5.48. The number of ether oxygens (including phenoxy) is 1. The van der Waals surface area contributed by atoms with Crippen molar-refractivity contribution in [1.82, 2.24) is 0 Å². The Hall–Kier alpha value is -1.57. The molecule has 0 saturated heterocycles. The van der Waals surface area contributed by atoms with Crippen molar-refractivity contribution in [2.24, 2.45) is 29.6 Å². The van der Waals surface area contributed by atoms with Gasteiger partial charge in [-0.25, -0.2) is 0 Å². The molecule has 132 valence electrons. The van der Waals surface area contributed by atoms with E-state index in [-0.39, 0.29) is 5.97 Å². The van der Waals surface area contributed by atoms with Crippen LogP contribution in [0.4, 0.5) is 0 Å². The van der Waals surface area contributed by atoms with Gasteiger partial charge in [-0.3, -0.25) is 4.79 Å². The Morgan fingerprint density at radius 2 is 1.72 bits per heavy atom. The summed E-state index contributed by atoms with van der Waals surface area (Å²) in [7, 11) is 0. The van der Waals surface area contributed by atoms with Crippen molar-refractivity contribution in [2.75, 3.05) is 0 Å². The minimum absolute atomic E-state index is 0.199. The zero-order valence-corrected chi connectivity index (χ0v) is 15.2. The van der Waals surface area contributed by atoms with E-state index < -0.39 is 0 Å². The van der Waals surface area contributed by atoms with Gasteiger partial charge in [0, 0.05) is 13.3 Å². The van der Waals surface area contributed by atoms with Crippen LogP contribution in [0.5, 0.6) is 0 Å². The molecule has 5 atom stereocenters. The zero-order valence-electron chi connectivity index (χ0n) is 15.2. The minimum atomic E-state index is -0.199. The average molecular weight is 336 g/mol. The Morgan fingerprint density at radius 1 is 0.880 bits per heavy atom. The third-order valence-corrected chi connectivity index (χ3v) is 7.47. The maximum absolute atomic E-state index is 11.2. The summed E-state index contributed by atoms with van der Waals surface area (Å²) < 4.78 is 5.36. The summed E-state index contributed by atoms with van der Waals surface area (Å²) in [6.07, 6.45) is 19.9. The Bertz CT molecular complexity index is 720. The first-order valence-corrected chi connectivity index (χ1v) is 10.2. The summed E-state index contributed by atoms with van der Waals surface area (Å²) in [5.41, 5.74) is 4.92. The number of allylic oxidation sites excluding steroid dienone is 8. The molecule has 25 heavy (non-hydrogen) atoms. The quantitative estimate of drug-likeness (QED) is 0.592. The van der Waals surface area contributed by atoms with Crippen LogP contribution in [0.15, 0.2) is 46.8 Å². The molecule has 0 bridgehead atoms. The maximum Gasteiger partial charge on any atom is 0.307 e. The number of rotatable bonds is 1. The van der Waals surface area contributed by atoms with Crippen LogP contribution in [-0.4, -0.2) is 5.97 Å². The number of carbonyl (C=O) groups is 1. The third-order valence-electron chi connectivity index (χ3n) is 7.47. The monoisotopic (exact) mass is 336 g/mol. The molecule has 0 aliphatic heterocycles. The van der Waals surface area contributed by atoms with E-state index in [1.807, 2.05) is 6.08 Å². The molecule has 2 heteroatoms. The molecular weight excluding hydrogens is 308 g/mol. The molecule has 0 heterocycles. The standard InChI is InChI=1S/C23H28O2/c1-14(24)25-17-7-10-19-16(13-17)6-9-23-21(19)12-11-20-18-4-2-3-15(18)5-8-22(20)23/h7,10-12,15-16,18,22-23H,2-6,8-9,13H2,1H3. The number of fused-ring (bicyclic) bond motifs is 7. The topological polar surface area (TPSA) is 26.3 Å². The van der Waals surface area contributed by atoms with E-state index in [2.05, 4.69) is 18.2 Å². The van der Waals surface area contributed by atoms with Gasteiger partial charge in [-0.05, 0) is 85.3 Å². The average Bonchev–Trinajstić information content (AvgIpc) is 3.09. The van der Waals surface area contributed by atoms with Gasteiger partial charge in [-0.1, -0.05) is 30.2 Å². The van der Waals surface area contributed by atoms with Crippen LogP contribution in [0.3, 0.4) is 0 Å². The van der Waals surface area contributed by atoms with E-state index in [9.17, 15) is 4.79 Å². The van der Waals surface area contributed by atoms with E-state index >= 15 is 0 Å². The number of hydrogen-bond acceptors (Lipinski definition) is 2. The molecule has 3 saturated carbocycles. The van der Waals surface area contributed by atoms with Crippen LogP contribution in [0, 0.1) is 29.6 Å². The van der Waals surface area contributed by atoms with E-state index in [0.717, 1.165) is 35.9 Å². The van der Waals surface area contributed by atoms with Crippen molar-refractivity contribution in [1.29, 1.82) is 0 Å². The van der Waals surface area contributed by atoms with Crippen LogP contribution in [0.2, 0.25) is 0 Å². The number of hydrogen-bond donors (Lipinski definition) is 0. The van der Waals surface area contributed by atoms with Crippen LogP contribution >= 0.6 is 0 Å². The van der Waals surface area contributed by atoms with Crippen LogP contribution in [-0.2, 0) is 9.53 Å². The second-order valence-corrected chi connectivity index (χ2v) is 8.70. The second kappa shape index (κ2) is 6.00. The first kappa shape index (κ1) is 15.7. The SMILES string of the molecule is CC(=O)OC1=CC=C2C3=CC=C4C5CCCC5CCC4C3CCC2C1. The van der Waals surface area contributed by atoms with Gasteiger partial charge in [0.25, 0.3) is 0 Å². The molecular formula is C23H28O2. The molecule has 0 amide bonds. The highest BCUT2D eigenvalue weighted by Crippen LogP contribution is 2.56. The highest BCUT2D eigenvalue weighted by Gasteiger charge is 2.45. The van der Waals surface area contributed by atoms with Crippen molar-refractivity contribution in [3.8, 4) is 0 Å². The molecule has 5 unspecified atom stereocenters. The highest BCUT2D eigenvalue weighted by atomic mass is 16.5. The summed E-state index contributed by atoms with van der Waals surface area (Å²) in [5.74, 6) is 4.61. The fourth-order valence-electron chi connectivity index (χ4n) is 6.50.